The molecule has 0 spiro atoms. The third kappa shape index (κ3) is 0.877. The van der Waals surface area contributed by atoms with E-state index >= 15 is 0 Å². The molecular formula is C16H16O2. The summed E-state index contributed by atoms with van der Waals surface area (Å²) in [5.74, 6) is 2.53. The summed E-state index contributed by atoms with van der Waals surface area (Å²) in [7, 11) is 0. The Morgan fingerprint density at radius 3 is 1.17 bits per heavy atom. The van der Waals surface area contributed by atoms with Crippen molar-refractivity contribution in [2.75, 3.05) is 0 Å². The molecule has 8 atom stereocenters. The van der Waals surface area contributed by atoms with E-state index in [0.29, 0.717) is 35.2 Å². The highest BCUT2D eigenvalue weighted by molar-refractivity contribution is 6.02. The quantitative estimate of drug-likeness (QED) is 0.607. The molecule has 2 nitrogen and oxygen atoms in total. The molecule has 4 bridgehead atoms. The minimum absolute atomic E-state index is 0.0431. The van der Waals surface area contributed by atoms with Gasteiger partial charge in [0.1, 0.15) is 11.6 Å². The average molecular weight is 240 g/mol. The van der Waals surface area contributed by atoms with E-state index in [-0.39, 0.29) is 23.7 Å². The smallest absolute Gasteiger partial charge is 0.141 e. The van der Waals surface area contributed by atoms with E-state index in [1.54, 1.807) is 0 Å². The van der Waals surface area contributed by atoms with Gasteiger partial charge in [-0.25, -0.2) is 0 Å². The number of carbonyl (C=O) groups excluding carboxylic acids is 2. The lowest BCUT2D eigenvalue weighted by atomic mass is 9.60. The molecule has 92 valence electrons. The van der Waals surface area contributed by atoms with E-state index in [9.17, 15) is 9.59 Å². The molecule has 0 amide bonds. The Bertz CT molecular complexity index is 441. The fourth-order valence-electron chi connectivity index (χ4n) is 5.64. The number of ketones is 2. The molecule has 5 aliphatic rings. The normalized spacial score (nSPS) is 58.4. The SMILES string of the molecule is O=C1[C@@H]2[C@H](C(=O)[C@@H]3[C@H]1[C@@H]1C=C[C@H]3C1)[C@@H]1C=C[C@H]2C1. The van der Waals surface area contributed by atoms with Gasteiger partial charge in [0.25, 0.3) is 0 Å². The monoisotopic (exact) mass is 240 g/mol. The van der Waals surface area contributed by atoms with Crippen molar-refractivity contribution in [3.8, 4) is 0 Å². The number of hydrogen-bond donors (Lipinski definition) is 0. The fraction of sp³-hybridized carbons (Fsp3) is 0.625. The lowest BCUT2D eigenvalue weighted by molar-refractivity contribution is -0.148. The maximum Gasteiger partial charge on any atom is 0.141 e. The van der Waals surface area contributed by atoms with Crippen LogP contribution in [0.3, 0.4) is 0 Å². The molecule has 3 saturated carbocycles. The Morgan fingerprint density at radius 1 is 0.611 bits per heavy atom. The van der Waals surface area contributed by atoms with Crippen molar-refractivity contribution in [3.05, 3.63) is 24.3 Å². The van der Waals surface area contributed by atoms with Crippen LogP contribution in [0.25, 0.3) is 0 Å². The van der Waals surface area contributed by atoms with Gasteiger partial charge in [0.15, 0.2) is 0 Å². The summed E-state index contributed by atoms with van der Waals surface area (Å²) in [6.45, 7) is 0. The zero-order valence-electron chi connectivity index (χ0n) is 10.2. The first-order chi connectivity index (χ1) is 8.75. The first kappa shape index (κ1) is 9.71. The Kier molecular flexibility index (Phi) is 1.55. The molecule has 0 N–H and O–H groups in total. The van der Waals surface area contributed by atoms with Gasteiger partial charge in [0.2, 0.25) is 0 Å². The zero-order chi connectivity index (χ0) is 12.0. The first-order valence-corrected chi connectivity index (χ1v) is 7.20. The van der Waals surface area contributed by atoms with E-state index in [2.05, 4.69) is 24.3 Å². The van der Waals surface area contributed by atoms with Gasteiger partial charge in [-0.05, 0) is 36.5 Å². The van der Waals surface area contributed by atoms with Crippen LogP contribution < -0.4 is 0 Å². The van der Waals surface area contributed by atoms with Gasteiger partial charge in [0, 0.05) is 23.7 Å². The molecule has 0 unspecified atom stereocenters. The molecule has 3 fully saturated rings. The van der Waals surface area contributed by atoms with Gasteiger partial charge in [-0.1, -0.05) is 24.3 Å². The Labute approximate surface area is 106 Å². The van der Waals surface area contributed by atoms with Crippen molar-refractivity contribution in [3.63, 3.8) is 0 Å². The molecule has 0 aromatic rings. The molecule has 0 saturated heterocycles. The number of hydrogen-bond acceptors (Lipinski definition) is 2. The maximum absolute atomic E-state index is 12.8. The molecule has 0 aliphatic heterocycles. The third-order valence-electron chi connectivity index (χ3n) is 6.23. The van der Waals surface area contributed by atoms with E-state index in [1.807, 2.05) is 0 Å². The Morgan fingerprint density at radius 2 is 0.889 bits per heavy atom. The lowest BCUT2D eigenvalue weighted by Gasteiger charge is -2.40. The summed E-state index contributed by atoms with van der Waals surface area (Å²) in [5, 5.41) is 0. The van der Waals surface area contributed by atoms with Gasteiger partial charge in [-0.3, -0.25) is 9.59 Å². The predicted molar refractivity (Wildman–Crippen MR) is 65.4 cm³/mol. The summed E-state index contributed by atoms with van der Waals surface area (Å²) in [5.41, 5.74) is 0. The summed E-state index contributed by atoms with van der Waals surface area (Å²) in [6, 6.07) is 0. The van der Waals surface area contributed by atoms with Gasteiger partial charge in [-0.2, -0.15) is 0 Å². The Balaban J connectivity index is 1.65. The van der Waals surface area contributed by atoms with Gasteiger partial charge < -0.3 is 0 Å². The standard InChI is InChI=1S/C16H16O2/c17-15-11-7-1-2-8(5-7)12(11)16(18)14-10-4-3-9(6-10)13(14)15/h1-4,7-14H,5-6H2/t7-,8+,9+,10-,11-,12+,13+,14-. The molecule has 0 radical (unpaired) electrons. The Hall–Kier alpha value is -1.18. The van der Waals surface area contributed by atoms with Crippen LogP contribution >= 0.6 is 0 Å². The fourth-order valence-corrected chi connectivity index (χ4v) is 5.64. The summed E-state index contributed by atoms with van der Waals surface area (Å²) in [4.78, 5) is 25.6. The minimum atomic E-state index is 0.0431. The minimum Gasteiger partial charge on any atom is -0.299 e. The average Bonchev–Trinajstić information content (AvgIpc) is 3.10. The molecule has 18 heavy (non-hydrogen) atoms. The summed E-state index contributed by atoms with van der Waals surface area (Å²) >= 11 is 0. The number of fused-ring (bicyclic) bond motifs is 10. The van der Waals surface area contributed by atoms with Gasteiger partial charge >= 0.3 is 0 Å². The first-order valence-electron chi connectivity index (χ1n) is 7.20. The van der Waals surface area contributed by atoms with E-state index in [4.69, 9.17) is 0 Å². The lowest BCUT2D eigenvalue weighted by Crippen LogP contribution is -2.50. The second-order valence-electron chi connectivity index (χ2n) is 6.80. The molecule has 5 aliphatic carbocycles. The highest BCUT2D eigenvalue weighted by atomic mass is 16.1. The molecule has 5 rings (SSSR count). The van der Waals surface area contributed by atoms with E-state index in [0.717, 1.165) is 12.8 Å². The summed E-state index contributed by atoms with van der Waals surface area (Å²) < 4.78 is 0. The number of Topliss-reactive ketones (excluding diaryl/α,β-unsaturated/α-hetero) is 2. The molecule has 0 aromatic heterocycles. The largest absolute Gasteiger partial charge is 0.299 e. The van der Waals surface area contributed by atoms with Gasteiger partial charge in [-0.15, -0.1) is 0 Å². The predicted octanol–water partition coefficient (Wildman–Crippen LogP) is 2.01. The van der Waals surface area contributed by atoms with Gasteiger partial charge in [0.05, 0.1) is 0 Å². The molecule has 0 aromatic carbocycles. The zero-order valence-corrected chi connectivity index (χ0v) is 10.2. The molecule has 2 heteroatoms. The highest BCUT2D eigenvalue weighted by Crippen LogP contribution is 2.60. The van der Waals surface area contributed by atoms with Crippen molar-refractivity contribution in [2.45, 2.75) is 12.8 Å². The van der Waals surface area contributed by atoms with Crippen LogP contribution in [0.2, 0.25) is 0 Å². The van der Waals surface area contributed by atoms with Crippen LogP contribution in [0.15, 0.2) is 24.3 Å². The highest BCUT2D eigenvalue weighted by Gasteiger charge is 2.63. The van der Waals surface area contributed by atoms with Crippen LogP contribution in [-0.4, -0.2) is 11.6 Å². The van der Waals surface area contributed by atoms with Crippen LogP contribution in [0, 0.1) is 47.3 Å². The van der Waals surface area contributed by atoms with E-state index in [1.165, 1.54) is 0 Å². The van der Waals surface area contributed by atoms with Crippen LogP contribution in [-0.2, 0) is 9.59 Å². The van der Waals surface area contributed by atoms with Crippen LogP contribution in [0.4, 0.5) is 0 Å². The van der Waals surface area contributed by atoms with Crippen LogP contribution in [0.5, 0.6) is 0 Å². The van der Waals surface area contributed by atoms with Crippen molar-refractivity contribution < 1.29 is 9.59 Å². The maximum atomic E-state index is 12.8. The summed E-state index contributed by atoms with van der Waals surface area (Å²) in [6.07, 6.45) is 10.9. The van der Waals surface area contributed by atoms with Crippen molar-refractivity contribution in [1.82, 2.24) is 0 Å². The second kappa shape index (κ2) is 2.87. The number of allylic oxidation sites excluding steroid dienone is 4. The van der Waals surface area contributed by atoms with Crippen molar-refractivity contribution in [2.24, 2.45) is 47.3 Å². The molecular weight excluding hydrogens is 224 g/mol. The second-order valence-corrected chi connectivity index (χ2v) is 6.80. The number of rotatable bonds is 0. The number of carbonyl (C=O) groups is 2. The molecule has 0 heterocycles. The topological polar surface area (TPSA) is 34.1 Å². The van der Waals surface area contributed by atoms with E-state index < -0.39 is 0 Å². The van der Waals surface area contributed by atoms with Crippen LogP contribution in [0.1, 0.15) is 12.8 Å². The van der Waals surface area contributed by atoms with Crippen molar-refractivity contribution >= 4 is 11.6 Å². The van der Waals surface area contributed by atoms with Crippen molar-refractivity contribution in [1.29, 1.82) is 0 Å². The third-order valence-corrected chi connectivity index (χ3v) is 6.23.